The molecule has 2 rings (SSSR count). The smallest absolute Gasteiger partial charge is 0.243 e. The van der Waals surface area contributed by atoms with Crippen molar-refractivity contribution in [2.45, 2.75) is 32.1 Å². The first-order chi connectivity index (χ1) is 10.3. The van der Waals surface area contributed by atoms with Gasteiger partial charge in [0.25, 0.3) is 0 Å². The van der Waals surface area contributed by atoms with Crippen LogP contribution in [0.15, 0.2) is 23.1 Å². The molecule has 0 bridgehead atoms. The van der Waals surface area contributed by atoms with E-state index in [1.54, 1.807) is 6.92 Å². The zero-order valence-corrected chi connectivity index (χ0v) is 14.4. The number of hydrogen-bond donors (Lipinski definition) is 0. The van der Waals surface area contributed by atoms with E-state index < -0.39 is 15.8 Å². The molecule has 1 aliphatic rings. The van der Waals surface area contributed by atoms with Gasteiger partial charge in [-0.25, -0.2) is 12.8 Å². The van der Waals surface area contributed by atoms with Crippen molar-refractivity contribution in [2.75, 3.05) is 32.7 Å². The van der Waals surface area contributed by atoms with E-state index in [-0.39, 0.29) is 4.90 Å². The van der Waals surface area contributed by atoms with Crippen LogP contribution in [-0.4, -0.2) is 50.3 Å². The highest BCUT2D eigenvalue weighted by Gasteiger charge is 2.29. The Bertz CT molecular complexity index is 609. The molecule has 0 atom stereocenters. The molecule has 1 aromatic rings. The average Bonchev–Trinajstić information content (AvgIpc) is 2.45. The lowest BCUT2D eigenvalue weighted by Crippen LogP contribution is -2.48. The lowest BCUT2D eigenvalue weighted by molar-refractivity contribution is 0.180. The number of rotatable bonds is 5. The minimum Gasteiger partial charge on any atom is -0.301 e. The molecule has 0 saturated carbocycles. The van der Waals surface area contributed by atoms with E-state index in [0.717, 1.165) is 26.1 Å². The van der Waals surface area contributed by atoms with E-state index in [9.17, 15) is 12.8 Å². The molecule has 0 unspecified atom stereocenters. The van der Waals surface area contributed by atoms with Crippen LogP contribution in [0, 0.1) is 18.7 Å². The van der Waals surface area contributed by atoms with Gasteiger partial charge in [0.15, 0.2) is 0 Å². The number of aryl methyl sites for hydroxylation is 1. The molecule has 22 heavy (non-hydrogen) atoms. The number of nitrogens with zero attached hydrogens (tertiary/aromatic N) is 2. The molecule has 0 aliphatic carbocycles. The fourth-order valence-electron chi connectivity index (χ4n) is 2.68. The maximum Gasteiger partial charge on any atom is 0.243 e. The molecular weight excluding hydrogens is 303 g/mol. The van der Waals surface area contributed by atoms with Gasteiger partial charge in [-0.3, -0.25) is 0 Å². The molecule has 1 aliphatic heterocycles. The molecule has 0 radical (unpaired) electrons. The van der Waals surface area contributed by atoms with Gasteiger partial charge in [0.1, 0.15) is 5.82 Å². The molecule has 1 saturated heterocycles. The van der Waals surface area contributed by atoms with Crippen molar-refractivity contribution >= 4 is 10.0 Å². The number of benzene rings is 1. The summed E-state index contributed by atoms with van der Waals surface area (Å²) in [6.45, 7) is 9.54. The second-order valence-electron chi connectivity index (χ2n) is 6.34. The standard InChI is InChI=1S/C16H25FN2O2S/c1-13(2)6-7-18-8-10-19(11-9-18)22(20,21)16-5-4-15(17)12-14(16)3/h4-5,12-13H,6-11H2,1-3H3. The summed E-state index contributed by atoms with van der Waals surface area (Å²) in [5, 5.41) is 0. The van der Waals surface area contributed by atoms with Gasteiger partial charge < -0.3 is 4.90 Å². The highest BCUT2D eigenvalue weighted by molar-refractivity contribution is 7.89. The van der Waals surface area contributed by atoms with Gasteiger partial charge in [-0.15, -0.1) is 0 Å². The topological polar surface area (TPSA) is 40.6 Å². The Morgan fingerprint density at radius 2 is 1.82 bits per heavy atom. The molecule has 0 amide bonds. The maximum absolute atomic E-state index is 13.2. The molecule has 6 heteroatoms. The van der Waals surface area contributed by atoms with E-state index >= 15 is 0 Å². The Hall–Kier alpha value is -0.980. The van der Waals surface area contributed by atoms with Crippen molar-refractivity contribution < 1.29 is 12.8 Å². The van der Waals surface area contributed by atoms with Crippen molar-refractivity contribution in [1.82, 2.24) is 9.21 Å². The summed E-state index contributed by atoms with van der Waals surface area (Å²) in [6.07, 6.45) is 1.13. The lowest BCUT2D eigenvalue weighted by atomic mass is 10.1. The second kappa shape index (κ2) is 7.06. The zero-order chi connectivity index (χ0) is 16.3. The number of piperazine rings is 1. The third kappa shape index (κ3) is 4.06. The fraction of sp³-hybridized carbons (Fsp3) is 0.625. The van der Waals surface area contributed by atoms with Crippen LogP contribution < -0.4 is 0 Å². The Balaban J connectivity index is 2.03. The summed E-state index contributed by atoms with van der Waals surface area (Å²) in [4.78, 5) is 2.52. The first kappa shape index (κ1) is 17.4. The summed E-state index contributed by atoms with van der Waals surface area (Å²) < 4.78 is 40.0. The Kier molecular flexibility index (Phi) is 5.58. The molecule has 1 heterocycles. The zero-order valence-electron chi connectivity index (χ0n) is 13.5. The minimum atomic E-state index is -3.52. The predicted molar refractivity (Wildman–Crippen MR) is 85.8 cm³/mol. The summed E-state index contributed by atoms with van der Waals surface area (Å²) in [6, 6.07) is 3.84. The highest BCUT2D eigenvalue weighted by atomic mass is 32.2. The number of hydrogen-bond acceptors (Lipinski definition) is 3. The maximum atomic E-state index is 13.2. The molecular formula is C16H25FN2O2S. The SMILES string of the molecule is Cc1cc(F)ccc1S(=O)(=O)N1CCN(CCC(C)C)CC1. The largest absolute Gasteiger partial charge is 0.301 e. The Morgan fingerprint density at radius 1 is 1.18 bits per heavy atom. The first-order valence-electron chi connectivity index (χ1n) is 7.79. The van der Waals surface area contributed by atoms with Crippen LogP contribution in [0.5, 0.6) is 0 Å². The Morgan fingerprint density at radius 3 is 2.36 bits per heavy atom. The normalized spacial score (nSPS) is 18.0. The average molecular weight is 328 g/mol. The van der Waals surface area contributed by atoms with Crippen molar-refractivity contribution in [3.63, 3.8) is 0 Å². The summed E-state index contributed by atoms with van der Waals surface area (Å²) in [7, 11) is -3.52. The van der Waals surface area contributed by atoms with Crippen molar-refractivity contribution in [2.24, 2.45) is 5.92 Å². The molecule has 4 nitrogen and oxygen atoms in total. The van der Waals surface area contributed by atoms with Crippen LogP contribution in [0.2, 0.25) is 0 Å². The minimum absolute atomic E-state index is 0.213. The quantitative estimate of drug-likeness (QED) is 0.834. The van der Waals surface area contributed by atoms with Crippen LogP contribution in [0.4, 0.5) is 4.39 Å². The molecule has 0 aromatic heterocycles. The number of halogens is 1. The monoisotopic (exact) mass is 328 g/mol. The van der Waals surface area contributed by atoms with E-state index in [2.05, 4.69) is 18.7 Å². The van der Waals surface area contributed by atoms with E-state index in [1.165, 1.54) is 22.5 Å². The Labute approximate surface area is 133 Å². The second-order valence-corrected chi connectivity index (χ2v) is 8.24. The van der Waals surface area contributed by atoms with Crippen LogP contribution >= 0.6 is 0 Å². The van der Waals surface area contributed by atoms with Gasteiger partial charge in [-0.05, 0) is 49.6 Å². The van der Waals surface area contributed by atoms with Gasteiger partial charge in [-0.1, -0.05) is 13.8 Å². The van der Waals surface area contributed by atoms with Gasteiger partial charge in [0.2, 0.25) is 10.0 Å². The third-order valence-corrected chi connectivity index (χ3v) is 6.17. The summed E-state index contributed by atoms with van der Waals surface area (Å²) in [5.41, 5.74) is 0.460. The van der Waals surface area contributed by atoms with Crippen LogP contribution in [0.3, 0.4) is 0 Å². The molecule has 0 spiro atoms. The van der Waals surface area contributed by atoms with E-state index in [4.69, 9.17) is 0 Å². The van der Waals surface area contributed by atoms with Crippen molar-refractivity contribution in [1.29, 1.82) is 0 Å². The van der Waals surface area contributed by atoms with Gasteiger partial charge in [-0.2, -0.15) is 4.31 Å². The highest BCUT2D eigenvalue weighted by Crippen LogP contribution is 2.22. The fourth-order valence-corrected chi connectivity index (χ4v) is 4.30. The van der Waals surface area contributed by atoms with Crippen LogP contribution in [0.25, 0.3) is 0 Å². The van der Waals surface area contributed by atoms with Crippen LogP contribution in [-0.2, 0) is 10.0 Å². The van der Waals surface area contributed by atoms with E-state index in [1.807, 2.05) is 0 Å². The van der Waals surface area contributed by atoms with Crippen LogP contribution in [0.1, 0.15) is 25.8 Å². The van der Waals surface area contributed by atoms with Crippen molar-refractivity contribution in [3.8, 4) is 0 Å². The summed E-state index contributed by atoms with van der Waals surface area (Å²) >= 11 is 0. The molecule has 0 N–H and O–H groups in total. The number of sulfonamides is 1. The van der Waals surface area contributed by atoms with E-state index in [0.29, 0.717) is 24.6 Å². The molecule has 1 aromatic carbocycles. The lowest BCUT2D eigenvalue weighted by Gasteiger charge is -2.34. The van der Waals surface area contributed by atoms with Gasteiger partial charge in [0, 0.05) is 26.2 Å². The predicted octanol–water partition coefficient (Wildman–Crippen LogP) is 2.49. The van der Waals surface area contributed by atoms with Gasteiger partial charge >= 0.3 is 0 Å². The first-order valence-corrected chi connectivity index (χ1v) is 9.23. The van der Waals surface area contributed by atoms with Gasteiger partial charge in [0.05, 0.1) is 4.90 Å². The summed E-state index contributed by atoms with van der Waals surface area (Å²) in [5.74, 6) is 0.249. The third-order valence-electron chi connectivity index (χ3n) is 4.11. The molecule has 124 valence electrons. The molecule has 1 fully saturated rings. The van der Waals surface area contributed by atoms with Crippen molar-refractivity contribution in [3.05, 3.63) is 29.6 Å².